The summed E-state index contributed by atoms with van der Waals surface area (Å²) in [6.07, 6.45) is 5.59. The first-order valence-electron chi connectivity index (χ1n) is 11.7. The van der Waals surface area contributed by atoms with Gasteiger partial charge < -0.3 is 5.32 Å². The number of carbonyl (C=O) groups is 2. The highest BCUT2D eigenvalue weighted by atomic mass is 16.2. The molecule has 3 heterocycles. The molecule has 33 heavy (non-hydrogen) atoms. The second kappa shape index (κ2) is 7.82. The Kier molecular flexibility index (Phi) is 4.77. The third-order valence-corrected chi connectivity index (χ3v) is 7.64. The zero-order valence-electron chi connectivity index (χ0n) is 18.4. The van der Waals surface area contributed by atoms with Crippen LogP contribution in [0.1, 0.15) is 35.4 Å². The second-order valence-electron chi connectivity index (χ2n) is 9.23. The first-order valence-corrected chi connectivity index (χ1v) is 11.7. The van der Waals surface area contributed by atoms with Crippen molar-refractivity contribution in [2.75, 3.05) is 11.9 Å². The van der Waals surface area contributed by atoms with Crippen molar-refractivity contribution in [2.24, 2.45) is 5.92 Å². The Balaban J connectivity index is 1.54. The number of nitrogens with one attached hydrogen (secondary N) is 1. The Bertz CT molecular complexity index is 1240. The van der Waals surface area contributed by atoms with Gasteiger partial charge in [0.1, 0.15) is 5.54 Å². The highest BCUT2D eigenvalue weighted by molar-refractivity contribution is 6.11. The van der Waals surface area contributed by atoms with Crippen molar-refractivity contribution in [1.29, 1.82) is 0 Å². The molecule has 0 unspecified atom stereocenters. The van der Waals surface area contributed by atoms with Crippen LogP contribution < -0.4 is 5.32 Å². The number of benzene rings is 3. The average molecular weight is 435 g/mol. The van der Waals surface area contributed by atoms with E-state index in [0.717, 1.165) is 41.8 Å². The van der Waals surface area contributed by atoms with Crippen molar-refractivity contribution in [3.8, 4) is 0 Å². The van der Waals surface area contributed by atoms with E-state index in [1.54, 1.807) is 6.08 Å². The second-order valence-corrected chi connectivity index (χ2v) is 9.23. The minimum atomic E-state index is -0.976. The van der Waals surface area contributed by atoms with Gasteiger partial charge in [-0.05, 0) is 42.7 Å². The number of hydrogen-bond acceptors (Lipinski definition) is 3. The molecule has 0 saturated carbocycles. The van der Waals surface area contributed by atoms with E-state index in [9.17, 15) is 9.59 Å². The summed E-state index contributed by atoms with van der Waals surface area (Å²) >= 11 is 0. The van der Waals surface area contributed by atoms with E-state index < -0.39 is 11.5 Å². The molecule has 2 saturated heterocycles. The fourth-order valence-corrected chi connectivity index (χ4v) is 6.44. The molecule has 2 fully saturated rings. The van der Waals surface area contributed by atoms with Gasteiger partial charge in [-0.3, -0.25) is 14.5 Å². The number of nitrogens with zero attached hydrogens (tertiary/aromatic N) is 1. The van der Waals surface area contributed by atoms with E-state index >= 15 is 0 Å². The molecule has 1 N–H and O–H groups in total. The summed E-state index contributed by atoms with van der Waals surface area (Å²) in [6, 6.07) is 28.2. The summed E-state index contributed by atoms with van der Waals surface area (Å²) in [7, 11) is 0. The zero-order chi connectivity index (χ0) is 22.4. The van der Waals surface area contributed by atoms with Crippen LogP contribution in [0, 0.1) is 5.92 Å². The standard InChI is InChI=1S/C29H26N2O2/c32-25(18-17-20-10-3-1-4-11-20)27-26(21-12-5-2-6-13-21)24-16-9-19-31(24)29(27)22-14-7-8-15-23(22)30-28(29)33/h1-8,10-15,17-18,24,26-27H,9,16,19H2,(H,30,33)/b18-17+/t24-,26-,27+,29+/m1/s1. The quantitative estimate of drug-likeness (QED) is 0.588. The number of allylic oxidation sites excluding steroid dienone is 1. The van der Waals surface area contributed by atoms with Gasteiger partial charge in [-0.25, -0.2) is 0 Å². The Morgan fingerprint density at radius 3 is 2.42 bits per heavy atom. The minimum absolute atomic E-state index is 0.00830. The lowest BCUT2D eigenvalue weighted by molar-refractivity contribution is -0.134. The fraction of sp³-hybridized carbons (Fsp3) is 0.241. The molecule has 0 aromatic heterocycles. The molecule has 0 bridgehead atoms. The molecule has 3 aromatic carbocycles. The molecule has 1 amide bonds. The maximum Gasteiger partial charge on any atom is 0.250 e. The predicted molar refractivity (Wildman–Crippen MR) is 130 cm³/mol. The lowest BCUT2D eigenvalue weighted by Gasteiger charge is -2.36. The van der Waals surface area contributed by atoms with Crippen LogP contribution in [0.25, 0.3) is 6.08 Å². The molecule has 3 aliphatic heterocycles. The average Bonchev–Trinajstić information content (AvgIpc) is 3.52. The maximum atomic E-state index is 14.1. The van der Waals surface area contributed by atoms with Crippen LogP contribution in [0.2, 0.25) is 0 Å². The number of carbonyl (C=O) groups excluding carboxylic acids is 2. The van der Waals surface area contributed by atoms with E-state index in [1.807, 2.05) is 78.9 Å². The maximum absolute atomic E-state index is 14.1. The van der Waals surface area contributed by atoms with Gasteiger partial charge in [-0.2, -0.15) is 0 Å². The van der Waals surface area contributed by atoms with Crippen LogP contribution in [0.4, 0.5) is 5.69 Å². The Morgan fingerprint density at radius 1 is 0.939 bits per heavy atom. The summed E-state index contributed by atoms with van der Waals surface area (Å²) in [5.41, 5.74) is 2.90. The van der Waals surface area contributed by atoms with Crippen molar-refractivity contribution in [3.05, 3.63) is 108 Å². The number of anilines is 1. The molecule has 4 heteroatoms. The largest absolute Gasteiger partial charge is 0.324 e. The van der Waals surface area contributed by atoms with Crippen LogP contribution in [-0.4, -0.2) is 29.2 Å². The van der Waals surface area contributed by atoms with Crippen LogP contribution in [0.3, 0.4) is 0 Å². The van der Waals surface area contributed by atoms with Gasteiger partial charge in [-0.1, -0.05) is 84.9 Å². The van der Waals surface area contributed by atoms with E-state index in [4.69, 9.17) is 0 Å². The van der Waals surface area contributed by atoms with Crippen molar-refractivity contribution in [2.45, 2.75) is 30.3 Å². The Morgan fingerprint density at radius 2 is 1.64 bits per heavy atom. The van der Waals surface area contributed by atoms with Gasteiger partial charge in [-0.15, -0.1) is 0 Å². The lowest BCUT2D eigenvalue weighted by atomic mass is 9.70. The van der Waals surface area contributed by atoms with E-state index in [-0.39, 0.29) is 23.7 Å². The Hall–Kier alpha value is -3.50. The SMILES string of the molecule is O=C(/C=C/c1ccccc1)[C@H]1[C@H](c2ccccc2)[C@H]2CCCN2[C@]12C(=O)Nc1ccccc12. The molecule has 4 nitrogen and oxygen atoms in total. The summed E-state index contributed by atoms with van der Waals surface area (Å²) in [5.74, 6) is -0.596. The molecule has 164 valence electrons. The molecular weight excluding hydrogens is 408 g/mol. The smallest absolute Gasteiger partial charge is 0.250 e. The summed E-state index contributed by atoms with van der Waals surface area (Å²) in [4.78, 5) is 30.2. The first kappa shape index (κ1) is 20.1. The Labute approximate surface area is 193 Å². The fourth-order valence-electron chi connectivity index (χ4n) is 6.44. The highest BCUT2D eigenvalue weighted by Gasteiger charge is 2.68. The number of para-hydroxylation sites is 1. The third-order valence-electron chi connectivity index (χ3n) is 7.64. The molecule has 3 aliphatic rings. The van der Waals surface area contributed by atoms with Gasteiger partial charge in [0.25, 0.3) is 0 Å². The molecule has 6 rings (SSSR count). The molecule has 0 aliphatic carbocycles. The zero-order valence-corrected chi connectivity index (χ0v) is 18.4. The topological polar surface area (TPSA) is 49.4 Å². The summed E-state index contributed by atoms with van der Waals surface area (Å²) < 4.78 is 0. The van der Waals surface area contributed by atoms with Gasteiger partial charge in [0.15, 0.2) is 5.78 Å². The number of amides is 1. The van der Waals surface area contributed by atoms with Crippen molar-refractivity contribution in [1.82, 2.24) is 4.90 Å². The molecule has 0 radical (unpaired) electrons. The van der Waals surface area contributed by atoms with E-state index in [0.29, 0.717) is 0 Å². The molecular formula is C29H26N2O2. The van der Waals surface area contributed by atoms with Crippen LogP contribution in [-0.2, 0) is 15.1 Å². The van der Waals surface area contributed by atoms with Crippen LogP contribution in [0.5, 0.6) is 0 Å². The van der Waals surface area contributed by atoms with E-state index in [1.165, 1.54) is 0 Å². The van der Waals surface area contributed by atoms with Gasteiger partial charge in [0, 0.05) is 23.2 Å². The first-order chi connectivity index (χ1) is 16.2. The minimum Gasteiger partial charge on any atom is -0.324 e. The number of ketones is 1. The highest BCUT2D eigenvalue weighted by Crippen LogP contribution is 2.60. The molecule has 4 atom stereocenters. The van der Waals surface area contributed by atoms with Crippen molar-refractivity contribution >= 4 is 23.5 Å². The van der Waals surface area contributed by atoms with E-state index in [2.05, 4.69) is 22.3 Å². The number of fused-ring (bicyclic) bond motifs is 4. The van der Waals surface area contributed by atoms with Gasteiger partial charge >= 0.3 is 0 Å². The van der Waals surface area contributed by atoms with Gasteiger partial charge in [0.2, 0.25) is 5.91 Å². The number of rotatable bonds is 4. The van der Waals surface area contributed by atoms with Gasteiger partial charge in [0.05, 0.1) is 5.92 Å². The lowest BCUT2D eigenvalue weighted by Crippen LogP contribution is -2.52. The predicted octanol–water partition coefficient (Wildman–Crippen LogP) is 4.99. The summed E-state index contributed by atoms with van der Waals surface area (Å²) in [6.45, 7) is 0.821. The van der Waals surface area contributed by atoms with Crippen molar-refractivity contribution < 1.29 is 9.59 Å². The van der Waals surface area contributed by atoms with Crippen LogP contribution in [0.15, 0.2) is 91.0 Å². The third kappa shape index (κ3) is 2.94. The van der Waals surface area contributed by atoms with Crippen LogP contribution >= 0.6 is 0 Å². The monoisotopic (exact) mass is 434 g/mol. The molecule has 1 spiro atoms. The molecule has 3 aromatic rings. The summed E-state index contributed by atoms with van der Waals surface area (Å²) in [5, 5.41) is 3.12. The number of hydrogen-bond donors (Lipinski definition) is 1. The van der Waals surface area contributed by atoms with Crippen molar-refractivity contribution in [3.63, 3.8) is 0 Å². The normalized spacial score (nSPS) is 28.2.